The highest BCUT2D eigenvalue weighted by atomic mass is 19.4. The van der Waals surface area contributed by atoms with E-state index in [2.05, 4.69) is 5.32 Å². The van der Waals surface area contributed by atoms with E-state index in [4.69, 9.17) is 4.74 Å². The van der Waals surface area contributed by atoms with Crippen molar-refractivity contribution in [2.45, 2.75) is 20.0 Å². The fraction of sp³-hybridized carbons (Fsp3) is 0.900. The van der Waals surface area contributed by atoms with Crippen LogP contribution in [0.4, 0.5) is 13.2 Å². The number of alkyl halides is 3. The molecule has 102 valence electrons. The van der Waals surface area contributed by atoms with Crippen molar-refractivity contribution in [3.63, 3.8) is 0 Å². The van der Waals surface area contributed by atoms with Crippen molar-refractivity contribution in [2.24, 2.45) is 5.92 Å². The fourth-order valence-electron chi connectivity index (χ4n) is 0.927. The Hall–Kier alpha value is -0.820. The van der Waals surface area contributed by atoms with Gasteiger partial charge in [0.2, 0.25) is 5.91 Å². The van der Waals surface area contributed by atoms with Crippen molar-refractivity contribution in [3.05, 3.63) is 0 Å². The van der Waals surface area contributed by atoms with Gasteiger partial charge in [-0.2, -0.15) is 13.2 Å². The summed E-state index contributed by atoms with van der Waals surface area (Å²) in [6, 6.07) is 0. The molecule has 1 amide bonds. The van der Waals surface area contributed by atoms with Gasteiger partial charge in [0, 0.05) is 13.2 Å². The van der Waals surface area contributed by atoms with E-state index in [0.717, 1.165) is 0 Å². The van der Waals surface area contributed by atoms with E-state index in [1.165, 1.54) is 0 Å². The van der Waals surface area contributed by atoms with Crippen LogP contribution in [0, 0.1) is 5.92 Å². The number of halogens is 3. The number of hydrogen-bond donors (Lipinski definition) is 2. The Kier molecular flexibility index (Phi) is 7.90. The average Bonchev–Trinajstić information content (AvgIpc) is 2.19. The lowest BCUT2D eigenvalue weighted by atomic mass is 10.2. The van der Waals surface area contributed by atoms with Crippen LogP contribution in [0.1, 0.15) is 13.8 Å². The zero-order chi connectivity index (χ0) is 13.3. The molecule has 0 saturated heterocycles. The molecule has 4 nitrogen and oxygen atoms in total. The van der Waals surface area contributed by atoms with Crippen LogP contribution in [0.25, 0.3) is 0 Å². The molecular formula is C10H19F3N2O2. The maximum Gasteiger partial charge on any atom is 0.405 e. The first-order valence-corrected chi connectivity index (χ1v) is 5.43. The van der Waals surface area contributed by atoms with Crippen LogP contribution in [0.2, 0.25) is 0 Å². The number of amides is 1. The van der Waals surface area contributed by atoms with Gasteiger partial charge in [-0.05, 0) is 5.92 Å². The normalized spacial score (nSPS) is 11.9. The summed E-state index contributed by atoms with van der Waals surface area (Å²) >= 11 is 0. The Balaban J connectivity index is 3.34. The molecule has 0 bridgehead atoms. The standard InChI is InChI=1S/C10H19F3N2O2/c1-8(2)6-17-4-3-14-5-9(16)15-7-10(11,12)13/h8,14H,3-7H2,1-2H3,(H,15,16). The summed E-state index contributed by atoms with van der Waals surface area (Å²) in [6.45, 7) is 4.09. The predicted molar refractivity (Wildman–Crippen MR) is 57.6 cm³/mol. The molecule has 0 aromatic heterocycles. The maximum absolute atomic E-state index is 11.7. The van der Waals surface area contributed by atoms with Crippen molar-refractivity contribution in [1.29, 1.82) is 0 Å². The predicted octanol–water partition coefficient (Wildman–Crippen LogP) is 0.927. The largest absolute Gasteiger partial charge is 0.405 e. The molecule has 2 N–H and O–H groups in total. The molecule has 0 unspecified atom stereocenters. The van der Waals surface area contributed by atoms with Crippen molar-refractivity contribution >= 4 is 5.91 Å². The Morgan fingerprint density at radius 3 is 2.53 bits per heavy atom. The van der Waals surface area contributed by atoms with Crippen LogP contribution < -0.4 is 10.6 Å². The second-order valence-corrected chi connectivity index (χ2v) is 4.04. The van der Waals surface area contributed by atoms with Crippen LogP contribution in [-0.2, 0) is 9.53 Å². The first-order valence-electron chi connectivity index (χ1n) is 5.43. The second-order valence-electron chi connectivity index (χ2n) is 4.04. The zero-order valence-corrected chi connectivity index (χ0v) is 10.1. The lowest BCUT2D eigenvalue weighted by Crippen LogP contribution is -2.39. The summed E-state index contributed by atoms with van der Waals surface area (Å²) in [6.07, 6.45) is -4.37. The minimum Gasteiger partial charge on any atom is -0.380 e. The van der Waals surface area contributed by atoms with Crippen LogP contribution in [0.5, 0.6) is 0 Å². The van der Waals surface area contributed by atoms with E-state index in [9.17, 15) is 18.0 Å². The molecule has 0 aromatic rings. The van der Waals surface area contributed by atoms with Crippen LogP contribution in [0.3, 0.4) is 0 Å². The molecule has 0 rings (SSSR count). The quantitative estimate of drug-likeness (QED) is 0.635. The van der Waals surface area contributed by atoms with Crippen molar-refractivity contribution in [3.8, 4) is 0 Å². The van der Waals surface area contributed by atoms with Gasteiger partial charge in [0.25, 0.3) is 0 Å². The van der Waals surface area contributed by atoms with Crippen molar-refractivity contribution in [1.82, 2.24) is 10.6 Å². The molecular weight excluding hydrogens is 237 g/mol. The lowest BCUT2D eigenvalue weighted by Gasteiger charge is -2.09. The summed E-state index contributed by atoms with van der Waals surface area (Å²) in [5.74, 6) is -0.240. The minimum atomic E-state index is -4.37. The maximum atomic E-state index is 11.7. The number of carbonyl (C=O) groups is 1. The van der Waals surface area contributed by atoms with E-state index in [0.29, 0.717) is 25.7 Å². The van der Waals surface area contributed by atoms with Crippen LogP contribution in [-0.4, -0.2) is 44.9 Å². The van der Waals surface area contributed by atoms with Gasteiger partial charge in [-0.1, -0.05) is 13.8 Å². The Labute approximate surface area is 98.9 Å². The van der Waals surface area contributed by atoms with E-state index >= 15 is 0 Å². The highest BCUT2D eigenvalue weighted by Crippen LogP contribution is 2.11. The SMILES string of the molecule is CC(C)COCCNCC(=O)NCC(F)(F)F. The van der Waals surface area contributed by atoms with E-state index in [-0.39, 0.29) is 6.54 Å². The molecule has 17 heavy (non-hydrogen) atoms. The molecule has 0 aliphatic rings. The molecule has 0 aliphatic carbocycles. The first kappa shape index (κ1) is 16.2. The summed E-state index contributed by atoms with van der Waals surface area (Å²) in [5.41, 5.74) is 0. The van der Waals surface area contributed by atoms with Crippen molar-refractivity contribution < 1.29 is 22.7 Å². The third-order valence-electron chi connectivity index (χ3n) is 1.65. The van der Waals surface area contributed by atoms with Gasteiger partial charge < -0.3 is 15.4 Å². The summed E-state index contributed by atoms with van der Waals surface area (Å²) in [4.78, 5) is 10.9. The summed E-state index contributed by atoms with van der Waals surface area (Å²) in [5, 5.41) is 4.46. The van der Waals surface area contributed by atoms with Gasteiger partial charge in [0.15, 0.2) is 0 Å². The average molecular weight is 256 g/mol. The molecule has 0 spiro atoms. The minimum absolute atomic E-state index is 0.138. The first-order chi connectivity index (χ1) is 7.81. The number of hydrogen-bond acceptors (Lipinski definition) is 3. The summed E-state index contributed by atoms with van der Waals surface area (Å²) < 4.78 is 40.4. The van der Waals surface area contributed by atoms with E-state index in [1.54, 1.807) is 5.32 Å². The zero-order valence-electron chi connectivity index (χ0n) is 10.1. The monoisotopic (exact) mass is 256 g/mol. The van der Waals surface area contributed by atoms with E-state index < -0.39 is 18.6 Å². The van der Waals surface area contributed by atoms with Gasteiger partial charge in [0.05, 0.1) is 13.2 Å². The Morgan fingerprint density at radius 2 is 2.00 bits per heavy atom. The molecule has 7 heteroatoms. The number of rotatable bonds is 8. The van der Waals surface area contributed by atoms with Gasteiger partial charge in [-0.25, -0.2) is 0 Å². The molecule has 0 fully saturated rings. The van der Waals surface area contributed by atoms with Crippen LogP contribution >= 0.6 is 0 Å². The van der Waals surface area contributed by atoms with Gasteiger partial charge in [-0.3, -0.25) is 4.79 Å². The fourth-order valence-corrected chi connectivity index (χ4v) is 0.927. The topological polar surface area (TPSA) is 50.4 Å². The number of ether oxygens (including phenoxy) is 1. The van der Waals surface area contributed by atoms with Gasteiger partial charge in [-0.15, -0.1) is 0 Å². The molecule has 0 atom stereocenters. The van der Waals surface area contributed by atoms with Gasteiger partial charge >= 0.3 is 6.18 Å². The van der Waals surface area contributed by atoms with E-state index in [1.807, 2.05) is 13.8 Å². The third-order valence-corrected chi connectivity index (χ3v) is 1.65. The van der Waals surface area contributed by atoms with Gasteiger partial charge in [0.1, 0.15) is 6.54 Å². The highest BCUT2D eigenvalue weighted by Gasteiger charge is 2.27. The second kappa shape index (κ2) is 8.30. The molecule has 0 aliphatic heterocycles. The molecule has 0 heterocycles. The summed E-state index contributed by atoms with van der Waals surface area (Å²) in [7, 11) is 0. The lowest BCUT2D eigenvalue weighted by molar-refractivity contribution is -0.137. The Morgan fingerprint density at radius 1 is 1.35 bits per heavy atom. The third kappa shape index (κ3) is 13.1. The smallest absolute Gasteiger partial charge is 0.380 e. The molecule has 0 saturated carbocycles. The number of nitrogens with one attached hydrogen (secondary N) is 2. The molecule has 0 radical (unpaired) electrons. The Bertz CT molecular complexity index is 220. The number of carbonyl (C=O) groups excluding carboxylic acids is 1. The van der Waals surface area contributed by atoms with Crippen molar-refractivity contribution in [2.75, 3.05) is 32.8 Å². The van der Waals surface area contributed by atoms with Crippen LogP contribution in [0.15, 0.2) is 0 Å². The molecule has 0 aromatic carbocycles. The highest BCUT2D eigenvalue weighted by molar-refractivity contribution is 5.77.